The minimum absolute atomic E-state index is 0.0847. The van der Waals surface area contributed by atoms with E-state index in [9.17, 15) is 19.7 Å². The summed E-state index contributed by atoms with van der Waals surface area (Å²) in [6.45, 7) is 0.781. The maximum atomic E-state index is 12.5. The molecule has 0 radical (unpaired) electrons. The van der Waals surface area contributed by atoms with Crippen molar-refractivity contribution in [3.8, 4) is 5.75 Å². The van der Waals surface area contributed by atoms with Crippen LogP contribution in [-0.4, -0.2) is 42.5 Å². The van der Waals surface area contributed by atoms with Crippen LogP contribution in [0.15, 0.2) is 42.5 Å². The molecule has 8 nitrogen and oxygen atoms in total. The van der Waals surface area contributed by atoms with Crippen molar-refractivity contribution in [3.05, 3.63) is 69.3 Å². The number of methoxy groups -OCH3 is 1. The molecule has 0 bridgehead atoms. The number of nitro groups is 1. The van der Waals surface area contributed by atoms with E-state index in [1.54, 1.807) is 7.11 Å². The third-order valence-electron chi connectivity index (χ3n) is 4.26. The molecule has 1 heterocycles. The van der Waals surface area contributed by atoms with Crippen LogP contribution in [0.5, 0.6) is 5.75 Å². The number of imide groups is 1. The van der Waals surface area contributed by atoms with Crippen LogP contribution in [0.2, 0.25) is 0 Å². The Morgan fingerprint density at radius 2 is 1.73 bits per heavy atom. The minimum Gasteiger partial charge on any atom is -0.497 e. The van der Waals surface area contributed by atoms with Crippen LogP contribution in [-0.2, 0) is 6.54 Å². The molecule has 1 aliphatic rings. The maximum absolute atomic E-state index is 12.5. The second-order valence-corrected chi connectivity index (χ2v) is 6.17. The van der Waals surface area contributed by atoms with Gasteiger partial charge in [0.05, 0.1) is 30.2 Å². The fraction of sp³-hybridized carbons (Fsp3) is 0.222. The second-order valence-electron chi connectivity index (χ2n) is 6.17. The molecule has 134 valence electrons. The predicted molar refractivity (Wildman–Crippen MR) is 92.0 cm³/mol. The van der Waals surface area contributed by atoms with Crippen molar-refractivity contribution in [1.82, 2.24) is 4.90 Å². The van der Waals surface area contributed by atoms with Gasteiger partial charge < -0.3 is 9.64 Å². The highest BCUT2D eigenvalue weighted by molar-refractivity contribution is 6.21. The Bertz CT molecular complexity index is 879. The number of carbonyl (C=O) groups excluding carboxylic acids is 2. The number of quaternary nitrogens is 1. The summed E-state index contributed by atoms with van der Waals surface area (Å²) in [5.74, 6) is -0.162. The van der Waals surface area contributed by atoms with Gasteiger partial charge in [-0.25, -0.2) is 4.90 Å². The summed E-state index contributed by atoms with van der Waals surface area (Å²) in [4.78, 5) is 37.3. The Kier molecular flexibility index (Phi) is 4.68. The molecule has 0 fully saturated rings. The van der Waals surface area contributed by atoms with Crippen LogP contribution < -0.4 is 9.64 Å². The van der Waals surface area contributed by atoms with E-state index in [-0.39, 0.29) is 23.5 Å². The first-order chi connectivity index (χ1) is 12.4. The Hall–Kier alpha value is -3.26. The number of hydrogen-bond acceptors (Lipinski definition) is 5. The number of hydrogen-bond donors (Lipinski definition) is 1. The summed E-state index contributed by atoms with van der Waals surface area (Å²) in [5.41, 5.74) is 1.13. The number of nitro benzene ring substituents is 1. The largest absolute Gasteiger partial charge is 0.497 e. The Morgan fingerprint density at radius 1 is 1.08 bits per heavy atom. The first-order valence-electron chi connectivity index (χ1n) is 7.99. The topological polar surface area (TPSA) is 94.2 Å². The molecule has 2 amide bonds. The van der Waals surface area contributed by atoms with Crippen molar-refractivity contribution in [3.63, 3.8) is 0 Å². The van der Waals surface area contributed by atoms with E-state index in [0.717, 1.165) is 27.2 Å². The van der Waals surface area contributed by atoms with Gasteiger partial charge in [0, 0.05) is 17.7 Å². The van der Waals surface area contributed by atoms with E-state index in [1.165, 1.54) is 12.1 Å². The van der Waals surface area contributed by atoms with E-state index < -0.39 is 16.7 Å². The molecule has 0 aromatic heterocycles. The van der Waals surface area contributed by atoms with Crippen molar-refractivity contribution >= 4 is 17.5 Å². The third-order valence-corrected chi connectivity index (χ3v) is 4.26. The molecule has 8 heteroatoms. The number of nitrogens with one attached hydrogen (secondary N) is 1. The smallest absolute Gasteiger partial charge is 0.270 e. The van der Waals surface area contributed by atoms with Gasteiger partial charge in [-0.2, -0.15) is 0 Å². The molecule has 26 heavy (non-hydrogen) atoms. The zero-order valence-electron chi connectivity index (χ0n) is 14.4. The summed E-state index contributed by atoms with van der Waals surface area (Å²) in [6.07, 6.45) is 0. The van der Waals surface area contributed by atoms with Crippen molar-refractivity contribution in [1.29, 1.82) is 0 Å². The van der Waals surface area contributed by atoms with Gasteiger partial charge in [-0.15, -0.1) is 0 Å². The molecule has 2 aromatic carbocycles. The van der Waals surface area contributed by atoms with E-state index in [0.29, 0.717) is 6.54 Å². The third kappa shape index (κ3) is 3.27. The molecule has 1 N–H and O–H groups in total. The quantitative estimate of drug-likeness (QED) is 0.471. The van der Waals surface area contributed by atoms with Crippen LogP contribution in [0.3, 0.4) is 0 Å². The van der Waals surface area contributed by atoms with Gasteiger partial charge in [0.15, 0.2) is 6.67 Å². The summed E-state index contributed by atoms with van der Waals surface area (Å²) >= 11 is 0. The van der Waals surface area contributed by atoms with Crippen molar-refractivity contribution in [2.45, 2.75) is 6.54 Å². The Labute approximate surface area is 149 Å². The number of non-ortho nitro benzene ring substituents is 1. The van der Waals surface area contributed by atoms with E-state index in [1.807, 2.05) is 31.3 Å². The lowest BCUT2D eigenvalue weighted by Gasteiger charge is -2.20. The van der Waals surface area contributed by atoms with Gasteiger partial charge >= 0.3 is 0 Å². The molecular formula is C18H18N3O5+. The molecule has 1 aliphatic heterocycles. The first-order valence-corrected chi connectivity index (χ1v) is 7.99. The fourth-order valence-electron chi connectivity index (χ4n) is 2.95. The highest BCUT2D eigenvalue weighted by Gasteiger charge is 2.38. The summed E-state index contributed by atoms with van der Waals surface area (Å²) < 4.78 is 5.12. The van der Waals surface area contributed by atoms with Crippen molar-refractivity contribution < 1.29 is 24.1 Å². The molecule has 0 saturated heterocycles. The molecule has 2 aromatic rings. The van der Waals surface area contributed by atoms with Gasteiger partial charge in [0.1, 0.15) is 12.3 Å². The average molecular weight is 356 g/mol. The molecule has 1 unspecified atom stereocenters. The van der Waals surface area contributed by atoms with E-state index in [4.69, 9.17) is 4.74 Å². The van der Waals surface area contributed by atoms with Gasteiger partial charge in [-0.05, 0) is 30.3 Å². The molecule has 0 aliphatic carbocycles. The number of benzene rings is 2. The van der Waals surface area contributed by atoms with Crippen LogP contribution in [0, 0.1) is 10.1 Å². The number of nitrogens with zero attached hydrogens (tertiary/aromatic N) is 2. The van der Waals surface area contributed by atoms with Gasteiger partial charge in [0.2, 0.25) is 0 Å². The molecule has 0 spiro atoms. The maximum Gasteiger partial charge on any atom is 0.270 e. The molecule has 0 saturated carbocycles. The lowest BCUT2D eigenvalue weighted by molar-refractivity contribution is -0.901. The number of fused-ring (bicyclic) bond motifs is 1. The second kappa shape index (κ2) is 6.93. The van der Waals surface area contributed by atoms with Crippen LogP contribution in [0.25, 0.3) is 0 Å². The number of rotatable bonds is 6. The molecule has 3 rings (SSSR count). The zero-order valence-corrected chi connectivity index (χ0v) is 14.4. The number of carbonyl (C=O) groups is 2. The highest BCUT2D eigenvalue weighted by atomic mass is 16.6. The minimum atomic E-state index is -0.582. The SMILES string of the molecule is COc1ccc(C[NH+](C)CN2C(=O)c3ccc([N+](=O)[O-])cc3C2=O)cc1. The zero-order chi connectivity index (χ0) is 18.8. The fourth-order valence-corrected chi connectivity index (χ4v) is 2.95. The van der Waals surface area contributed by atoms with Crippen LogP contribution >= 0.6 is 0 Å². The molecular weight excluding hydrogens is 338 g/mol. The van der Waals surface area contributed by atoms with Crippen molar-refractivity contribution in [2.24, 2.45) is 0 Å². The van der Waals surface area contributed by atoms with Crippen LogP contribution in [0.4, 0.5) is 5.69 Å². The van der Waals surface area contributed by atoms with Gasteiger partial charge in [0.25, 0.3) is 17.5 Å². The van der Waals surface area contributed by atoms with Gasteiger partial charge in [-0.1, -0.05) is 0 Å². The Balaban J connectivity index is 1.72. The lowest BCUT2D eigenvalue weighted by atomic mass is 10.1. The number of ether oxygens (including phenoxy) is 1. The average Bonchev–Trinajstić information content (AvgIpc) is 2.87. The van der Waals surface area contributed by atoms with Crippen molar-refractivity contribution in [2.75, 3.05) is 20.8 Å². The number of amides is 2. The predicted octanol–water partition coefficient (Wildman–Crippen LogP) is 0.872. The highest BCUT2D eigenvalue weighted by Crippen LogP contribution is 2.26. The summed E-state index contributed by atoms with van der Waals surface area (Å²) in [7, 11) is 3.47. The Morgan fingerprint density at radius 3 is 2.35 bits per heavy atom. The summed E-state index contributed by atoms with van der Waals surface area (Å²) in [5, 5.41) is 10.9. The van der Waals surface area contributed by atoms with E-state index >= 15 is 0 Å². The monoisotopic (exact) mass is 356 g/mol. The van der Waals surface area contributed by atoms with E-state index in [2.05, 4.69) is 0 Å². The summed E-state index contributed by atoms with van der Waals surface area (Å²) in [6, 6.07) is 11.3. The van der Waals surface area contributed by atoms with Crippen LogP contribution in [0.1, 0.15) is 26.3 Å². The lowest BCUT2D eigenvalue weighted by Crippen LogP contribution is -3.09. The normalized spacial score (nSPS) is 14.3. The van der Waals surface area contributed by atoms with Gasteiger partial charge in [-0.3, -0.25) is 19.7 Å². The molecule has 1 atom stereocenters. The first kappa shape index (κ1) is 17.6. The standard InChI is InChI=1S/C18H17N3O5/c1-19(10-12-3-6-14(26-2)7-4-12)11-20-17(22)15-8-5-13(21(24)25)9-16(15)18(20)23/h3-9H,10-11H2,1-2H3/p+1.